The highest BCUT2D eigenvalue weighted by atomic mass is 16.5. The van der Waals surface area contributed by atoms with Crippen LogP contribution in [0.2, 0.25) is 0 Å². The smallest absolute Gasteiger partial charge is 0.265 e. The third-order valence-corrected chi connectivity index (χ3v) is 3.62. The Kier molecular flexibility index (Phi) is 5.54. The molecule has 6 nitrogen and oxygen atoms in total. The highest BCUT2D eigenvalue weighted by molar-refractivity contribution is 6.08. The number of aromatic nitrogens is 1. The minimum atomic E-state index is -0.590. The number of aryl methyl sites for hydroxylation is 1. The van der Waals surface area contributed by atoms with Gasteiger partial charge in [0.25, 0.3) is 5.56 Å². The minimum Gasteiger partial charge on any atom is -0.507 e. The summed E-state index contributed by atoms with van der Waals surface area (Å²) in [7, 11) is 1.54. The molecule has 0 radical (unpaired) electrons. The molecule has 2 rings (SSSR count). The second-order valence-corrected chi connectivity index (χ2v) is 5.67. The largest absolute Gasteiger partial charge is 0.507 e. The van der Waals surface area contributed by atoms with Crippen LogP contribution in [0, 0.1) is 6.92 Å². The van der Waals surface area contributed by atoms with Crippen molar-refractivity contribution in [1.29, 1.82) is 0 Å². The second kappa shape index (κ2) is 7.61. The number of ether oxygens (including phenoxy) is 1. The average molecular weight is 341 g/mol. The number of aromatic hydroxyl groups is 1. The Labute approximate surface area is 145 Å². The predicted molar refractivity (Wildman–Crippen MR) is 94.1 cm³/mol. The van der Waals surface area contributed by atoms with Gasteiger partial charge >= 0.3 is 0 Å². The van der Waals surface area contributed by atoms with E-state index in [0.29, 0.717) is 17.0 Å². The topological polar surface area (TPSA) is 85.6 Å². The summed E-state index contributed by atoms with van der Waals surface area (Å²) in [6.45, 7) is 3.06. The van der Waals surface area contributed by atoms with Crippen LogP contribution in [0.1, 0.15) is 28.5 Å². The Bertz CT molecular complexity index is 909. The number of ketones is 2. The Balaban J connectivity index is 2.24. The number of carbonyl (C=O) groups excluding carboxylic acids is 2. The maximum atomic E-state index is 12.3. The number of benzene rings is 1. The number of nitrogens with zero attached hydrogens (tertiary/aromatic N) is 1. The summed E-state index contributed by atoms with van der Waals surface area (Å²) in [6, 6.07) is 8.21. The van der Waals surface area contributed by atoms with Gasteiger partial charge in [0, 0.05) is 18.8 Å². The summed E-state index contributed by atoms with van der Waals surface area (Å²) in [5.74, 6) is -0.525. The molecule has 1 aromatic heterocycles. The van der Waals surface area contributed by atoms with E-state index < -0.39 is 11.3 Å². The molecule has 2 aromatic rings. The van der Waals surface area contributed by atoms with E-state index in [1.165, 1.54) is 36.8 Å². The van der Waals surface area contributed by atoms with Crippen LogP contribution in [-0.4, -0.2) is 27.8 Å². The molecule has 1 aromatic carbocycles. The summed E-state index contributed by atoms with van der Waals surface area (Å²) in [5, 5.41) is 9.91. The Morgan fingerprint density at radius 3 is 2.68 bits per heavy atom. The monoisotopic (exact) mass is 341 g/mol. The molecular weight excluding hydrogens is 322 g/mol. The van der Waals surface area contributed by atoms with Crippen LogP contribution >= 0.6 is 0 Å². The zero-order valence-electron chi connectivity index (χ0n) is 14.3. The molecule has 0 bridgehead atoms. The molecule has 0 aliphatic carbocycles. The molecule has 0 unspecified atom stereocenters. The maximum Gasteiger partial charge on any atom is 0.265 e. The quantitative estimate of drug-likeness (QED) is 0.643. The number of carbonyl (C=O) groups is 2. The summed E-state index contributed by atoms with van der Waals surface area (Å²) < 4.78 is 6.61. The first-order valence-corrected chi connectivity index (χ1v) is 7.64. The van der Waals surface area contributed by atoms with Crippen LogP contribution in [0.3, 0.4) is 0 Å². The van der Waals surface area contributed by atoms with Gasteiger partial charge in [-0.1, -0.05) is 18.2 Å². The molecule has 0 atom stereocenters. The van der Waals surface area contributed by atoms with Crippen molar-refractivity contribution in [2.24, 2.45) is 7.05 Å². The van der Waals surface area contributed by atoms with Gasteiger partial charge in [-0.2, -0.15) is 0 Å². The highest BCUT2D eigenvalue weighted by Crippen LogP contribution is 2.17. The molecule has 1 N–H and O–H groups in total. The lowest BCUT2D eigenvalue weighted by Gasteiger charge is -2.07. The predicted octanol–water partition coefficient (Wildman–Crippen LogP) is 2.26. The molecule has 0 amide bonds. The average Bonchev–Trinajstić information content (AvgIpc) is 2.56. The van der Waals surface area contributed by atoms with Gasteiger partial charge < -0.3 is 14.4 Å². The van der Waals surface area contributed by atoms with E-state index in [4.69, 9.17) is 4.74 Å². The van der Waals surface area contributed by atoms with Crippen LogP contribution < -0.4 is 10.3 Å². The van der Waals surface area contributed by atoms with Crippen molar-refractivity contribution in [1.82, 2.24) is 4.57 Å². The summed E-state index contributed by atoms with van der Waals surface area (Å²) in [6.07, 6.45) is 2.73. The molecule has 25 heavy (non-hydrogen) atoms. The number of allylic oxidation sites excluding steroid dienone is 1. The molecule has 0 aliphatic heterocycles. The first kappa shape index (κ1) is 18.2. The minimum absolute atomic E-state index is 0.0284. The molecular formula is C19H19NO5. The first-order valence-electron chi connectivity index (χ1n) is 7.64. The van der Waals surface area contributed by atoms with Crippen molar-refractivity contribution in [2.45, 2.75) is 13.8 Å². The number of rotatable bonds is 6. The molecule has 0 saturated carbocycles. The van der Waals surface area contributed by atoms with E-state index in [9.17, 15) is 19.5 Å². The Morgan fingerprint density at radius 1 is 1.28 bits per heavy atom. The van der Waals surface area contributed by atoms with Crippen LogP contribution in [0.25, 0.3) is 6.08 Å². The van der Waals surface area contributed by atoms with Crippen molar-refractivity contribution in [2.75, 3.05) is 6.61 Å². The van der Waals surface area contributed by atoms with E-state index in [1.807, 2.05) is 0 Å². The molecule has 0 aliphatic rings. The van der Waals surface area contributed by atoms with Gasteiger partial charge in [-0.25, -0.2) is 0 Å². The zero-order valence-corrected chi connectivity index (χ0v) is 14.3. The van der Waals surface area contributed by atoms with Gasteiger partial charge in [0.05, 0.1) is 0 Å². The fourth-order valence-corrected chi connectivity index (χ4v) is 2.18. The zero-order chi connectivity index (χ0) is 18.6. The molecule has 130 valence electrons. The number of hydrogen-bond donors (Lipinski definition) is 1. The van der Waals surface area contributed by atoms with E-state index in [0.717, 1.165) is 0 Å². The lowest BCUT2D eigenvalue weighted by Crippen LogP contribution is -2.25. The molecule has 0 fully saturated rings. The molecule has 0 saturated heterocycles. The highest BCUT2D eigenvalue weighted by Gasteiger charge is 2.16. The van der Waals surface area contributed by atoms with Crippen molar-refractivity contribution in [3.63, 3.8) is 0 Å². The van der Waals surface area contributed by atoms with Crippen molar-refractivity contribution in [3.8, 4) is 11.5 Å². The fourth-order valence-electron chi connectivity index (χ4n) is 2.18. The van der Waals surface area contributed by atoms with Crippen LogP contribution in [-0.2, 0) is 11.8 Å². The van der Waals surface area contributed by atoms with Gasteiger partial charge in [0.15, 0.2) is 11.6 Å². The van der Waals surface area contributed by atoms with Gasteiger partial charge in [-0.3, -0.25) is 14.4 Å². The van der Waals surface area contributed by atoms with E-state index in [2.05, 4.69) is 0 Å². The van der Waals surface area contributed by atoms with E-state index >= 15 is 0 Å². The number of Topliss-reactive ketones (excluding diaryl/α,β-unsaturated/α-hetero) is 1. The van der Waals surface area contributed by atoms with Crippen molar-refractivity contribution in [3.05, 3.63) is 63.6 Å². The second-order valence-electron chi connectivity index (χ2n) is 5.67. The third-order valence-electron chi connectivity index (χ3n) is 3.62. The van der Waals surface area contributed by atoms with Gasteiger partial charge in [-0.05, 0) is 37.6 Å². The number of hydrogen-bond acceptors (Lipinski definition) is 5. The Morgan fingerprint density at radius 2 is 2.00 bits per heavy atom. The summed E-state index contributed by atoms with van der Waals surface area (Å²) in [5.41, 5.74) is 0.398. The third kappa shape index (κ3) is 4.44. The number of pyridine rings is 1. The normalized spacial score (nSPS) is 10.8. The van der Waals surface area contributed by atoms with E-state index in [1.54, 1.807) is 31.2 Å². The maximum absolute atomic E-state index is 12.3. The fraction of sp³-hybridized carbons (Fsp3) is 0.211. The molecule has 0 spiro atoms. The first-order chi connectivity index (χ1) is 11.8. The standard InChI is InChI=1S/C19H19NO5/c1-12-9-17(23)18(19(24)20(12)3)16(22)8-7-14-5-4-6-15(10-14)25-11-13(2)21/h4-10,23H,11H2,1-3H3/b8-7+. The molecule has 6 heteroatoms. The van der Waals surface area contributed by atoms with Crippen LogP contribution in [0.15, 0.2) is 41.2 Å². The van der Waals surface area contributed by atoms with Crippen molar-refractivity contribution < 1.29 is 19.4 Å². The van der Waals surface area contributed by atoms with Crippen molar-refractivity contribution >= 4 is 17.6 Å². The van der Waals surface area contributed by atoms with Crippen LogP contribution in [0.5, 0.6) is 11.5 Å². The Hall–Kier alpha value is -3.15. The summed E-state index contributed by atoms with van der Waals surface area (Å²) in [4.78, 5) is 35.4. The van der Waals surface area contributed by atoms with E-state index in [-0.39, 0.29) is 23.7 Å². The van der Waals surface area contributed by atoms with Gasteiger partial charge in [-0.15, -0.1) is 0 Å². The SMILES string of the molecule is CC(=O)COc1cccc(/C=C/C(=O)c2c(O)cc(C)n(C)c2=O)c1. The molecule has 1 heterocycles. The van der Waals surface area contributed by atoms with Gasteiger partial charge in [0.1, 0.15) is 23.7 Å². The van der Waals surface area contributed by atoms with Gasteiger partial charge in [0.2, 0.25) is 0 Å². The lowest BCUT2D eigenvalue weighted by molar-refractivity contribution is -0.118. The lowest BCUT2D eigenvalue weighted by atomic mass is 10.1. The van der Waals surface area contributed by atoms with Crippen LogP contribution in [0.4, 0.5) is 0 Å². The summed E-state index contributed by atoms with van der Waals surface area (Å²) >= 11 is 0.